The summed E-state index contributed by atoms with van der Waals surface area (Å²) in [5.41, 5.74) is 2.24. The maximum absolute atomic E-state index is 11.6. The lowest BCUT2D eigenvalue weighted by Gasteiger charge is -2.68. The second kappa shape index (κ2) is 6.24. The Kier molecular flexibility index (Phi) is 4.62. The summed E-state index contributed by atoms with van der Waals surface area (Å²) in [4.78, 5) is 11.6. The van der Waals surface area contributed by atoms with Gasteiger partial charge in [-0.05, 0) is 96.7 Å². The second-order valence-corrected chi connectivity index (χ2v) is 12.4. The van der Waals surface area contributed by atoms with Crippen LogP contribution < -0.4 is 0 Å². The Labute approximate surface area is 173 Å². The third-order valence-electron chi connectivity index (χ3n) is 12.0. The maximum atomic E-state index is 11.6. The summed E-state index contributed by atoms with van der Waals surface area (Å²) in [7, 11) is 0. The van der Waals surface area contributed by atoms with Crippen molar-refractivity contribution in [3.05, 3.63) is 0 Å². The van der Waals surface area contributed by atoms with Gasteiger partial charge in [0.1, 0.15) is 6.10 Å². The molecule has 0 heterocycles. The maximum Gasteiger partial charge on any atom is 0.302 e. The van der Waals surface area contributed by atoms with E-state index in [1.807, 2.05) is 0 Å². The molecule has 160 valence electrons. The van der Waals surface area contributed by atoms with Crippen molar-refractivity contribution in [2.75, 3.05) is 0 Å². The first-order valence-corrected chi connectivity index (χ1v) is 12.1. The van der Waals surface area contributed by atoms with Crippen LogP contribution in [0.2, 0.25) is 0 Å². The van der Waals surface area contributed by atoms with Gasteiger partial charge in [-0.25, -0.2) is 0 Å². The predicted octanol–water partition coefficient (Wildman–Crippen LogP) is 7.16. The minimum atomic E-state index is -0.100. The molecule has 0 radical (unpaired) electrons. The smallest absolute Gasteiger partial charge is 0.302 e. The van der Waals surface area contributed by atoms with Gasteiger partial charge in [0, 0.05) is 6.92 Å². The zero-order chi connectivity index (χ0) is 20.6. The van der Waals surface area contributed by atoms with E-state index in [9.17, 15) is 4.79 Å². The largest absolute Gasteiger partial charge is 0.463 e. The van der Waals surface area contributed by atoms with Crippen molar-refractivity contribution < 1.29 is 9.53 Å². The standard InChI is InChI=1S/C26H44O2/c1-8-22(3)15-16-25(6)21-10-12-23(4)17-19(28-18(2)27)9-13-24(23,5)20(21)11-14-26(22,25)7/h19-21H,8-17H2,1-7H3/t19-,20-,21+,22+,23-,24+,25-,26+/m0/s1. The van der Waals surface area contributed by atoms with Crippen LogP contribution in [0.4, 0.5) is 0 Å². The van der Waals surface area contributed by atoms with E-state index in [2.05, 4.69) is 41.5 Å². The molecule has 4 aliphatic rings. The van der Waals surface area contributed by atoms with Crippen LogP contribution in [0.15, 0.2) is 0 Å². The van der Waals surface area contributed by atoms with E-state index < -0.39 is 0 Å². The van der Waals surface area contributed by atoms with Crippen molar-refractivity contribution in [2.45, 2.75) is 119 Å². The van der Waals surface area contributed by atoms with E-state index in [-0.39, 0.29) is 12.1 Å². The molecule has 0 aromatic rings. The van der Waals surface area contributed by atoms with Gasteiger partial charge in [-0.3, -0.25) is 4.79 Å². The van der Waals surface area contributed by atoms with E-state index in [4.69, 9.17) is 4.74 Å². The fourth-order valence-electron chi connectivity index (χ4n) is 9.33. The first-order valence-electron chi connectivity index (χ1n) is 12.1. The van der Waals surface area contributed by atoms with Gasteiger partial charge < -0.3 is 4.74 Å². The van der Waals surface area contributed by atoms with Crippen LogP contribution in [0, 0.1) is 38.9 Å². The quantitative estimate of drug-likeness (QED) is 0.469. The lowest BCUT2D eigenvalue weighted by Crippen LogP contribution is -2.61. The number of carbonyl (C=O) groups is 1. The Morgan fingerprint density at radius 1 is 0.857 bits per heavy atom. The van der Waals surface area contributed by atoms with Crippen LogP contribution in [-0.2, 0) is 9.53 Å². The number of carbonyl (C=O) groups excluding carboxylic acids is 1. The van der Waals surface area contributed by atoms with Gasteiger partial charge in [0.25, 0.3) is 0 Å². The van der Waals surface area contributed by atoms with Gasteiger partial charge in [-0.2, -0.15) is 0 Å². The van der Waals surface area contributed by atoms with Gasteiger partial charge in [-0.1, -0.05) is 48.0 Å². The van der Waals surface area contributed by atoms with Crippen LogP contribution in [0.5, 0.6) is 0 Å². The Balaban J connectivity index is 1.65. The molecule has 8 atom stereocenters. The van der Waals surface area contributed by atoms with Crippen LogP contribution in [0.25, 0.3) is 0 Å². The fourth-order valence-corrected chi connectivity index (χ4v) is 9.33. The minimum absolute atomic E-state index is 0.100. The third kappa shape index (κ3) is 2.41. The van der Waals surface area contributed by atoms with Crippen LogP contribution in [0.1, 0.15) is 113 Å². The average molecular weight is 389 g/mol. The molecule has 0 aromatic carbocycles. The second-order valence-electron chi connectivity index (χ2n) is 12.4. The number of rotatable bonds is 2. The van der Waals surface area contributed by atoms with Crippen LogP contribution >= 0.6 is 0 Å². The normalized spacial score (nSPS) is 55.8. The molecule has 0 unspecified atom stereocenters. The molecule has 0 spiro atoms. The molecule has 0 saturated heterocycles. The molecule has 2 nitrogen and oxygen atoms in total. The molecule has 0 bridgehead atoms. The third-order valence-corrected chi connectivity index (χ3v) is 12.0. The Bertz CT molecular complexity index is 657. The van der Waals surface area contributed by atoms with Crippen molar-refractivity contribution >= 4 is 5.97 Å². The zero-order valence-electron chi connectivity index (χ0n) is 19.6. The van der Waals surface area contributed by atoms with E-state index in [1.54, 1.807) is 6.92 Å². The van der Waals surface area contributed by atoms with Gasteiger partial charge in [0.2, 0.25) is 0 Å². The molecule has 2 heteroatoms. The molecule has 0 aliphatic heterocycles. The molecule has 0 N–H and O–H groups in total. The number of hydrogen-bond donors (Lipinski definition) is 0. The first-order chi connectivity index (χ1) is 12.9. The van der Waals surface area contributed by atoms with E-state index in [1.165, 1.54) is 51.4 Å². The van der Waals surface area contributed by atoms with Crippen LogP contribution in [0.3, 0.4) is 0 Å². The highest BCUT2D eigenvalue weighted by Gasteiger charge is 2.69. The summed E-state index contributed by atoms with van der Waals surface area (Å²) in [5.74, 6) is 1.63. The topological polar surface area (TPSA) is 26.3 Å². The molecule has 28 heavy (non-hydrogen) atoms. The van der Waals surface area contributed by atoms with Gasteiger partial charge in [0.05, 0.1) is 0 Å². The molecule has 4 rings (SSSR count). The SMILES string of the molecule is CC[C@]1(C)CC[C@@]2(C)[C@@H]3CC[C@@]4(C)C[C@@H](OC(C)=O)CC[C@]4(C)[C@H]3CC[C@]12C. The summed E-state index contributed by atoms with van der Waals surface area (Å²) in [6.45, 7) is 17.1. The van der Waals surface area contributed by atoms with Crippen molar-refractivity contribution in [1.82, 2.24) is 0 Å². The van der Waals surface area contributed by atoms with E-state index in [0.29, 0.717) is 27.1 Å². The highest BCUT2D eigenvalue weighted by Crippen LogP contribution is 2.77. The van der Waals surface area contributed by atoms with Crippen molar-refractivity contribution in [3.63, 3.8) is 0 Å². The Morgan fingerprint density at radius 3 is 2.14 bits per heavy atom. The van der Waals surface area contributed by atoms with Crippen molar-refractivity contribution in [1.29, 1.82) is 0 Å². The van der Waals surface area contributed by atoms with Gasteiger partial charge in [-0.15, -0.1) is 0 Å². The monoisotopic (exact) mass is 388 g/mol. The number of ether oxygens (including phenoxy) is 1. The van der Waals surface area contributed by atoms with E-state index >= 15 is 0 Å². The summed E-state index contributed by atoms with van der Waals surface area (Å²) in [6, 6.07) is 0. The highest BCUT2D eigenvalue weighted by molar-refractivity contribution is 5.66. The molecular weight excluding hydrogens is 344 g/mol. The Hall–Kier alpha value is -0.530. The summed E-state index contributed by atoms with van der Waals surface area (Å²) in [6.07, 6.45) is 13.2. The van der Waals surface area contributed by atoms with Gasteiger partial charge >= 0.3 is 5.97 Å². The predicted molar refractivity (Wildman–Crippen MR) is 115 cm³/mol. The molecule has 4 saturated carbocycles. The lowest BCUT2D eigenvalue weighted by atomic mass is 9.36. The molecule has 4 fully saturated rings. The average Bonchev–Trinajstić information content (AvgIpc) is 2.84. The molecule has 0 aromatic heterocycles. The lowest BCUT2D eigenvalue weighted by molar-refractivity contribution is -0.207. The highest BCUT2D eigenvalue weighted by atomic mass is 16.5. The number of esters is 1. The summed E-state index contributed by atoms with van der Waals surface area (Å²) in [5, 5.41) is 0. The molecule has 4 aliphatic carbocycles. The van der Waals surface area contributed by atoms with Crippen molar-refractivity contribution in [3.8, 4) is 0 Å². The number of hydrogen-bond acceptors (Lipinski definition) is 2. The minimum Gasteiger partial charge on any atom is -0.463 e. The first kappa shape index (κ1) is 20.7. The zero-order valence-corrected chi connectivity index (χ0v) is 19.6. The molecule has 0 amide bonds. The number of fused-ring (bicyclic) bond motifs is 5. The van der Waals surface area contributed by atoms with Gasteiger partial charge in [0.15, 0.2) is 0 Å². The van der Waals surface area contributed by atoms with Crippen LogP contribution in [-0.4, -0.2) is 12.1 Å². The van der Waals surface area contributed by atoms with Crippen molar-refractivity contribution in [2.24, 2.45) is 38.9 Å². The Morgan fingerprint density at radius 2 is 1.50 bits per heavy atom. The summed E-state index contributed by atoms with van der Waals surface area (Å²) < 4.78 is 5.69. The molecular formula is C26H44O2. The van der Waals surface area contributed by atoms with E-state index in [0.717, 1.165) is 24.7 Å². The summed E-state index contributed by atoms with van der Waals surface area (Å²) >= 11 is 0. The fraction of sp³-hybridized carbons (Fsp3) is 0.962.